The summed E-state index contributed by atoms with van der Waals surface area (Å²) in [5, 5.41) is 17.6. The summed E-state index contributed by atoms with van der Waals surface area (Å²) in [4.78, 5) is 10.1. The Morgan fingerprint density at radius 3 is 2.18 bits per heavy atom. The Kier molecular flexibility index (Phi) is 3.72. The minimum atomic E-state index is -2.63. The SMILES string of the molecule is NC(=O)C(O)C(O)C=S(=O)=O. The topological polar surface area (TPSA) is 118 Å². The Morgan fingerprint density at radius 2 is 1.91 bits per heavy atom. The van der Waals surface area contributed by atoms with Crippen molar-refractivity contribution < 1.29 is 23.4 Å². The summed E-state index contributed by atoms with van der Waals surface area (Å²) in [5.41, 5.74) is 4.54. The first kappa shape index (κ1) is 10.1. The summed E-state index contributed by atoms with van der Waals surface area (Å²) < 4.78 is 19.7. The molecule has 0 aromatic rings. The van der Waals surface area contributed by atoms with Gasteiger partial charge in [-0.1, -0.05) is 0 Å². The van der Waals surface area contributed by atoms with Gasteiger partial charge in [0.25, 0.3) is 0 Å². The van der Waals surface area contributed by atoms with Crippen LogP contribution < -0.4 is 5.73 Å². The summed E-state index contributed by atoms with van der Waals surface area (Å²) in [7, 11) is -2.63. The fourth-order valence-electron chi connectivity index (χ4n) is 0.357. The predicted octanol–water partition coefficient (Wildman–Crippen LogP) is -3.13. The number of aliphatic hydroxyl groups excluding tert-OH is 2. The minimum absolute atomic E-state index is 0.370. The van der Waals surface area contributed by atoms with Crippen LogP contribution in [0.2, 0.25) is 0 Å². The molecule has 7 heteroatoms. The fourth-order valence-corrected chi connectivity index (χ4v) is 0.733. The largest absolute Gasteiger partial charge is 0.385 e. The van der Waals surface area contributed by atoms with Gasteiger partial charge in [-0.05, 0) is 0 Å². The maximum atomic E-state index is 10.1. The summed E-state index contributed by atoms with van der Waals surface area (Å²) in [6.07, 6.45) is -3.65. The molecule has 0 aliphatic heterocycles. The molecule has 0 aliphatic carbocycles. The van der Waals surface area contributed by atoms with Crippen molar-refractivity contribution in [2.75, 3.05) is 0 Å². The maximum Gasteiger partial charge on any atom is 0.249 e. The molecule has 2 atom stereocenters. The third-order valence-electron chi connectivity index (χ3n) is 0.866. The summed E-state index contributed by atoms with van der Waals surface area (Å²) in [6.45, 7) is 0. The van der Waals surface area contributed by atoms with Crippen LogP contribution in [0.25, 0.3) is 0 Å². The van der Waals surface area contributed by atoms with Gasteiger partial charge in [0.2, 0.25) is 16.2 Å². The van der Waals surface area contributed by atoms with Crippen molar-refractivity contribution in [3.8, 4) is 0 Å². The van der Waals surface area contributed by atoms with Crippen LogP contribution in [0.5, 0.6) is 0 Å². The summed E-state index contributed by atoms with van der Waals surface area (Å²) in [5.74, 6) is -1.18. The first-order valence-corrected chi connectivity index (χ1v) is 3.67. The van der Waals surface area contributed by atoms with Crippen LogP contribution in [0, 0.1) is 0 Å². The van der Waals surface area contributed by atoms with Gasteiger partial charge in [-0.25, -0.2) is 0 Å². The molecule has 0 aromatic heterocycles. The van der Waals surface area contributed by atoms with Gasteiger partial charge in [-0.2, -0.15) is 8.42 Å². The van der Waals surface area contributed by atoms with E-state index < -0.39 is 28.4 Å². The van der Waals surface area contributed by atoms with Crippen LogP contribution in [0.15, 0.2) is 0 Å². The van der Waals surface area contributed by atoms with Crippen molar-refractivity contribution in [3.63, 3.8) is 0 Å². The Bertz CT molecular complexity index is 260. The van der Waals surface area contributed by atoms with Gasteiger partial charge in [-0.15, -0.1) is 0 Å². The third-order valence-corrected chi connectivity index (χ3v) is 1.37. The lowest BCUT2D eigenvalue weighted by Crippen LogP contribution is -2.39. The standard InChI is InChI=1S/C4H7NO5S/c5-4(8)3(7)2(6)1-11(9)10/h1-3,6-7H,(H2,5,8). The average molecular weight is 181 g/mol. The number of carbonyl (C=O) groups excluding carboxylic acids is 1. The highest BCUT2D eigenvalue weighted by molar-refractivity contribution is 7.71. The van der Waals surface area contributed by atoms with Crippen molar-refractivity contribution >= 4 is 21.6 Å². The Balaban J connectivity index is 4.38. The Labute approximate surface area is 63.8 Å². The highest BCUT2D eigenvalue weighted by Gasteiger charge is 2.19. The van der Waals surface area contributed by atoms with E-state index in [9.17, 15) is 13.2 Å². The Morgan fingerprint density at radius 1 is 1.45 bits per heavy atom. The van der Waals surface area contributed by atoms with Gasteiger partial charge < -0.3 is 15.9 Å². The second-order valence-electron chi connectivity index (χ2n) is 1.73. The molecule has 0 heterocycles. The van der Waals surface area contributed by atoms with Gasteiger partial charge in [0.1, 0.15) is 6.10 Å². The lowest BCUT2D eigenvalue weighted by atomic mass is 10.2. The molecule has 0 saturated heterocycles. The van der Waals surface area contributed by atoms with Gasteiger partial charge in [0.15, 0.2) is 6.10 Å². The van der Waals surface area contributed by atoms with Gasteiger partial charge in [-0.3, -0.25) is 4.79 Å². The van der Waals surface area contributed by atoms with Gasteiger partial charge >= 0.3 is 0 Å². The van der Waals surface area contributed by atoms with Crippen LogP contribution in [-0.4, -0.2) is 42.1 Å². The van der Waals surface area contributed by atoms with Crippen LogP contribution in [0.1, 0.15) is 0 Å². The van der Waals surface area contributed by atoms with E-state index in [4.69, 9.17) is 10.2 Å². The molecule has 2 unspecified atom stereocenters. The zero-order chi connectivity index (χ0) is 9.02. The normalized spacial score (nSPS) is 15.1. The number of aliphatic hydroxyl groups is 2. The first-order chi connectivity index (χ1) is 4.95. The van der Waals surface area contributed by atoms with E-state index >= 15 is 0 Å². The quantitative estimate of drug-likeness (QED) is 0.398. The fraction of sp³-hybridized carbons (Fsp3) is 0.500. The summed E-state index contributed by atoms with van der Waals surface area (Å²) >= 11 is 0. The van der Waals surface area contributed by atoms with Crippen LogP contribution >= 0.6 is 0 Å². The molecule has 0 aromatic carbocycles. The van der Waals surface area contributed by atoms with Gasteiger partial charge in [0.05, 0.1) is 5.37 Å². The first-order valence-electron chi connectivity index (χ1n) is 2.53. The maximum absolute atomic E-state index is 10.1. The second kappa shape index (κ2) is 4.06. The zero-order valence-electron chi connectivity index (χ0n) is 5.34. The minimum Gasteiger partial charge on any atom is -0.385 e. The molecule has 0 rings (SSSR count). The number of primary amides is 1. The summed E-state index contributed by atoms with van der Waals surface area (Å²) in [6, 6.07) is 0. The number of amides is 1. The molecule has 0 bridgehead atoms. The van der Waals surface area contributed by atoms with Gasteiger partial charge in [0, 0.05) is 0 Å². The van der Waals surface area contributed by atoms with Crippen LogP contribution in [-0.2, 0) is 15.1 Å². The number of hydrogen-bond acceptors (Lipinski definition) is 5. The van der Waals surface area contributed by atoms with E-state index in [1.165, 1.54) is 0 Å². The molecule has 64 valence electrons. The van der Waals surface area contributed by atoms with Crippen LogP contribution in [0.3, 0.4) is 0 Å². The molecule has 0 spiro atoms. The molecule has 6 nitrogen and oxygen atoms in total. The van der Waals surface area contributed by atoms with Crippen molar-refractivity contribution in [1.82, 2.24) is 0 Å². The zero-order valence-corrected chi connectivity index (χ0v) is 6.15. The Hall–Kier alpha value is -0.920. The van der Waals surface area contributed by atoms with E-state index in [0.717, 1.165) is 0 Å². The van der Waals surface area contributed by atoms with Crippen molar-refractivity contribution in [2.24, 2.45) is 5.73 Å². The lowest BCUT2D eigenvalue weighted by Gasteiger charge is -2.07. The molecule has 0 fully saturated rings. The number of nitrogens with two attached hydrogens (primary N) is 1. The molecular weight excluding hydrogens is 174 g/mol. The van der Waals surface area contributed by atoms with Crippen molar-refractivity contribution in [3.05, 3.63) is 0 Å². The van der Waals surface area contributed by atoms with Crippen LogP contribution in [0.4, 0.5) is 0 Å². The van der Waals surface area contributed by atoms with E-state index in [2.05, 4.69) is 5.73 Å². The van der Waals surface area contributed by atoms with Crippen molar-refractivity contribution in [1.29, 1.82) is 0 Å². The molecular formula is C4H7NO5S. The van der Waals surface area contributed by atoms with E-state index in [1.54, 1.807) is 0 Å². The second-order valence-corrected chi connectivity index (χ2v) is 2.53. The predicted molar refractivity (Wildman–Crippen MR) is 36.2 cm³/mol. The number of carbonyl (C=O) groups is 1. The average Bonchev–Trinajstić information content (AvgIpc) is 1.84. The molecule has 4 N–H and O–H groups in total. The van der Waals surface area contributed by atoms with E-state index in [-0.39, 0.29) is 0 Å². The lowest BCUT2D eigenvalue weighted by molar-refractivity contribution is -0.129. The molecule has 0 aliphatic rings. The van der Waals surface area contributed by atoms with Crippen molar-refractivity contribution in [2.45, 2.75) is 12.2 Å². The smallest absolute Gasteiger partial charge is 0.249 e. The molecule has 0 radical (unpaired) electrons. The number of rotatable bonds is 3. The van der Waals surface area contributed by atoms with E-state index in [1.807, 2.05) is 0 Å². The molecule has 0 saturated carbocycles. The number of hydrogen-bond donors (Lipinski definition) is 3. The molecule has 11 heavy (non-hydrogen) atoms. The van der Waals surface area contributed by atoms with E-state index in [0.29, 0.717) is 5.37 Å². The monoisotopic (exact) mass is 181 g/mol. The third kappa shape index (κ3) is 3.71. The molecule has 1 amide bonds. The highest BCUT2D eigenvalue weighted by atomic mass is 32.2. The highest BCUT2D eigenvalue weighted by Crippen LogP contribution is 1.87.